The second kappa shape index (κ2) is 4.51. The number of rotatable bonds is 2. The first-order chi connectivity index (χ1) is 8.75. The third-order valence-electron chi connectivity index (χ3n) is 2.90. The predicted octanol–water partition coefficient (Wildman–Crippen LogP) is -0.900. The summed E-state index contributed by atoms with van der Waals surface area (Å²) in [5.74, 6) is -3.85. The molecule has 4 atom stereocenters. The fourth-order valence-corrected chi connectivity index (χ4v) is 1.91. The van der Waals surface area contributed by atoms with E-state index in [0.29, 0.717) is 4.57 Å². The van der Waals surface area contributed by atoms with Crippen LogP contribution in [0.15, 0.2) is 17.1 Å². The fourth-order valence-electron chi connectivity index (χ4n) is 1.91. The van der Waals surface area contributed by atoms with Crippen LogP contribution in [0.25, 0.3) is 0 Å². The lowest BCUT2D eigenvalue weighted by Gasteiger charge is -2.20. The molecule has 1 fully saturated rings. The van der Waals surface area contributed by atoms with Crippen LogP contribution >= 0.6 is 0 Å². The lowest BCUT2D eigenvalue weighted by Crippen LogP contribution is -2.43. The van der Waals surface area contributed by atoms with Crippen molar-refractivity contribution >= 4 is 5.82 Å². The molecule has 2 heterocycles. The van der Waals surface area contributed by atoms with Gasteiger partial charge in [-0.15, -0.1) is 0 Å². The van der Waals surface area contributed by atoms with Crippen molar-refractivity contribution in [1.82, 2.24) is 9.55 Å². The van der Waals surface area contributed by atoms with Crippen LogP contribution in [0.5, 0.6) is 0 Å². The lowest BCUT2D eigenvalue weighted by atomic mass is 10.1. The first-order valence-electron chi connectivity index (χ1n) is 5.49. The number of nitrogen functional groups attached to an aromatic ring is 1. The summed E-state index contributed by atoms with van der Waals surface area (Å²) in [6.45, 7) is 1.20. The van der Waals surface area contributed by atoms with Crippen LogP contribution in [-0.4, -0.2) is 44.0 Å². The molecule has 1 unspecified atom stereocenters. The van der Waals surface area contributed by atoms with Crippen LogP contribution in [0.2, 0.25) is 0 Å². The molecule has 0 saturated carbocycles. The van der Waals surface area contributed by atoms with Crippen LogP contribution in [-0.2, 0) is 4.74 Å². The van der Waals surface area contributed by atoms with E-state index in [-0.39, 0.29) is 5.82 Å². The monoisotopic (exact) mass is 277 g/mol. The van der Waals surface area contributed by atoms with Crippen LogP contribution in [0.4, 0.5) is 14.6 Å². The molecule has 1 aliphatic rings. The van der Waals surface area contributed by atoms with Gasteiger partial charge in [-0.3, -0.25) is 4.57 Å². The fraction of sp³-hybridized carbons (Fsp3) is 0.600. The molecular formula is C10H13F2N3O4. The van der Waals surface area contributed by atoms with Crippen LogP contribution < -0.4 is 11.4 Å². The Bertz CT molecular complexity index is 534. The van der Waals surface area contributed by atoms with Crippen LogP contribution in [0.3, 0.4) is 0 Å². The van der Waals surface area contributed by atoms with Crippen molar-refractivity contribution in [1.29, 1.82) is 0 Å². The molecule has 1 saturated heterocycles. The summed E-state index contributed by atoms with van der Waals surface area (Å²) in [6, 6.07) is 1.16. The quantitative estimate of drug-likeness (QED) is 0.646. The maximum absolute atomic E-state index is 13.9. The van der Waals surface area contributed by atoms with Crippen molar-refractivity contribution in [2.45, 2.75) is 37.4 Å². The maximum Gasteiger partial charge on any atom is 0.351 e. The van der Waals surface area contributed by atoms with Gasteiger partial charge in [0, 0.05) is 6.20 Å². The molecule has 2 rings (SSSR count). The molecule has 1 aliphatic heterocycles. The van der Waals surface area contributed by atoms with Crippen molar-refractivity contribution in [3.05, 3.63) is 22.7 Å². The highest BCUT2D eigenvalue weighted by Gasteiger charge is 2.60. The Morgan fingerprint density at radius 1 is 1.63 bits per heavy atom. The summed E-state index contributed by atoms with van der Waals surface area (Å²) in [5, 5.41) is 18.8. The highest BCUT2D eigenvalue weighted by molar-refractivity contribution is 5.23. The number of halogens is 2. The minimum atomic E-state index is -3.73. The van der Waals surface area contributed by atoms with E-state index in [1.165, 1.54) is 6.92 Å². The number of aliphatic hydroxyl groups is 2. The molecular weight excluding hydrogens is 264 g/mol. The Kier molecular flexibility index (Phi) is 3.29. The molecule has 0 aromatic carbocycles. The van der Waals surface area contributed by atoms with Gasteiger partial charge in [-0.1, -0.05) is 0 Å². The van der Waals surface area contributed by atoms with Gasteiger partial charge >= 0.3 is 11.6 Å². The van der Waals surface area contributed by atoms with E-state index in [1.54, 1.807) is 0 Å². The van der Waals surface area contributed by atoms with Crippen LogP contribution in [0.1, 0.15) is 13.2 Å². The maximum atomic E-state index is 13.9. The molecule has 4 N–H and O–H groups in total. The number of nitrogens with zero attached hydrogens (tertiary/aromatic N) is 2. The van der Waals surface area contributed by atoms with Crippen molar-refractivity contribution in [3.63, 3.8) is 0 Å². The molecule has 1 aromatic heterocycles. The molecule has 19 heavy (non-hydrogen) atoms. The Balaban J connectivity index is 2.42. The molecule has 0 radical (unpaired) electrons. The number of nitrogens with two attached hydrogens (primary N) is 1. The number of aliphatic hydroxyl groups excluding tert-OH is 2. The Labute approximate surface area is 106 Å². The van der Waals surface area contributed by atoms with E-state index in [4.69, 9.17) is 10.5 Å². The van der Waals surface area contributed by atoms with Gasteiger partial charge in [-0.2, -0.15) is 13.8 Å². The highest BCUT2D eigenvalue weighted by atomic mass is 19.3. The Morgan fingerprint density at radius 3 is 2.74 bits per heavy atom. The van der Waals surface area contributed by atoms with Gasteiger partial charge in [0.2, 0.25) is 6.23 Å². The van der Waals surface area contributed by atoms with Crippen molar-refractivity contribution in [2.75, 3.05) is 5.73 Å². The smallest absolute Gasteiger partial charge is 0.351 e. The summed E-state index contributed by atoms with van der Waals surface area (Å²) in [4.78, 5) is 14.8. The minimum Gasteiger partial charge on any atom is -0.391 e. The van der Waals surface area contributed by atoms with Crippen molar-refractivity contribution < 1.29 is 23.7 Å². The summed E-state index contributed by atoms with van der Waals surface area (Å²) in [7, 11) is 0. The second-order valence-electron chi connectivity index (χ2n) is 4.36. The first-order valence-corrected chi connectivity index (χ1v) is 5.49. The lowest BCUT2D eigenvalue weighted by molar-refractivity contribution is -0.141. The molecule has 0 spiro atoms. The molecule has 0 amide bonds. The Hall–Kier alpha value is -1.58. The molecule has 0 bridgehead atoms. The zero-order chi connectivity index (χ0) is 14.4. The molecule has 1 aromatic rings. The van der Waals surface area contributed by atoms with Gasteiger partial charge in [0.25, 0.3) is 0 Å². The average molecular weight is 277 g/mol. The van der Waals surface area contributed by atoms with Gasteiger partial charge in [-0.25, -0.2) is 4.79 Å². The largest absolute Gasteiger partial charge is 0.391 e. The summed E-state index contributed by atoms with van der Waals surface area (Å²) in [5.41, 5.74) is 4.23. The number of hydrogen-bond acceptors (Lipinski definition) is 6. The number of alkyl halides is 2. The summed E-state index contributed by atoms with van der Waals surface area (Å²) >= 11 is 0. The molecule has 9 heteroatoms. The summed E-state index contributed by atoms with van der Waals surface area (Å²) in [6.07, 6.45) is -6.07. The van der Waals surface area contributed by atoms with Gasteiger partial charge in [0.05, 0.1) is 6.10 Å². The Morgan fingerprint density at radius 2 is 2.26 bits per heavy atom. The van der Waals surface area contributed by atoms with Crippen LogP contribution in [0, 0.1) is 0 Å². The number of ether oxygens (including phenoxy) is 1. The minimum absolute atomic E-state index is 0.116. The third kappa shape index (κ3) is 2.20. The highest BCUT2D eigenvalue weighted by Crippen LogP contribution is 2.43. The van der Waals surface area contributed by atoms with Gasteiger partial charge in [0.1, 0.15) is 11.9 Å². The van der Waals surface area contributed by atoms with Crippen molar-refractivity contribution in [2.24, 2.45) is 0 Å². The van der Waals surface area contributed by atoms with E-state index in [1.807, 2.05) is 0 Å². The van der Waals surface area contributed by atoms with E-state index < -0.39 is 36.2 Å². The first kappa shape index (κ1) is 13.8. The zero-order valence-corrected chi connectivity index (χ0v) is 9.90. The van der Waals surface area contributed by atoms with E-state index in [2.05, 4.69) is 4.98 Å². The number of aromatic nitrogens is 2. The number of hydrogen-bond donors (Lipinski definition) is 3. The van der Waals surface area contributed by atoms with Gasteiger partial charge < -0.3 is 20.7 Å². The number of anilines is 1. The normalized spacial score (nSPS) is 31.3. The third-order valence-corrected chi connectivity index (χ3v) is 2.90. The van der Waals surface area contributed by atoms with Crippen molar-refractivity contribution in [3.8, 4) is 0 Å². The standard InChI is InChI=1S/C10H13F2N3O4/c1-4(16)6-7(17)10(11,12)8(19-6)15-3-2-5(13)14-9(15)18/h2-4,6-8,16-17H,1H3,(H2,13,14,18)/t4-,6-,7-,8?/m1/s1. The van der Waals surface area contributed by atoms with E-state index in [0.717, 1.165) is 12.3 Å². The van der Waals surface area contributed by atoms with Gasteiger partial charge in [-0.05, 0) is 13.0 Å². The zero-order valence-electron chi connectivity index (χ0n) is 9.90. The SMILES string of the molecule is C[C@@H](O)[C@H]1OC(n2ccc(N)nc2=O)C(F)(F)[C@@H]1O. The summed E-state index contributed by atoms with van der Waals surface area (Å²) < 4.78 is 33.2. The van der Waals surface area contributed by atoms with E-state index >= 15 is 0 Å². The molecule has 0 aliphatic carbocycles. The topological polar surface area (TPSA) is 111 Å². The average Bonchev–Trinajstić information content (AvgIpc) is 2.52. The molecule has 106 valence electrons. The van der Waals surface area contributed by atoms with Gasteiger partial charge in [0.15, 0.2) is 6.10 Å². The second-order valence-corrected chi connectivity index (χ2v) is 4.36. The molecule has 7 nitrogen and oxygen atoms in total. The predicted molar refractivity (Wildman–Crippen MR) is 59.5 cm³/mol. The van der Waals surface area contributed by atoms with E-state index in [9.17, 15) is 23.8 Å².